The highest BCUT2D eigenvalue weighted by Gasteiger charge is 2.42. The van der Waals surface area contributed by atoms with Crippen LogP contribution in [0.25, 0.3) is 0 Å². The molecule has 1 amide bonds. The lowest BCUT2D eigenvalue weighted by Crippen LogP contribution is -2.33. The highest BCUT2D eigenvalue weighted by molar-refractivity contribution is 14.1. The summed E-state index contributed by atoms with van der Waals surface area (Å²) in [7, 11) is -7.53. The average molecular weight is 566 g/mol. The van der Waals surface area contributed by atoms with E-state index in [0.29, 0.717) is 24.1 Å². The predicted molar refractivity (Wildman–Crippen MR) is 120 cm³/mol. The van der Waals surface area contributed by atoms with Crippen LogP contribution in [0.15, 0.2) is 47.4 Å². The Morgan fingerprint density at radius 2 is 1.83 bits per heavy atom. The number of anilines is 2. The Labute approximate surface area is 188 Å². The number of nitrogens with two attached hydrogens (primary N) is 1. The zero-order valence-corrected chi connectivity index (χ0v) is 19.3. The SMILES string of the molecule is Nc1ccc(S(=O)(=O)NCCCc2ccc(N3N(I)C(=O)CS3(=O)=O)c(O)c2)cc1. The molecule has 10 nitrogen and oxygen atoms in total. The van der Waals surface area contributed by atoms with Crippen molar-refractivity contribution >= 4 is 60.2 Å². The summed E-state index contributed by atoms with van der Waals surface area (Å²) in [5, 5.41) is 10.3. The molecule has 30 heavy (non-hydrogen) atoms. The van der Waals surface area contributed by atoms with Crippen LogP contribution in [0.4, 0.5) is 11.4 Å². The Bertz CT molecular complexity index is 1170. The minimum absolute atomic E-state index is 0.0250. The summed E-state index contributed by atoms with van der Waals surface area (Å²) in [6, 6.07) is 10.3. The van der Waals surface area contributed by atoms with Gasteiger partial charge in [0.1, 0.15) is 11.4 Å². The largest absolute Gasteiger partial charge is 0.506 e. The fourth-order valence-electron chi connectivity index (χ4n) is 2.84. The van der Waals surface area contributed by atoms with Gasteiger partial charge in [0.05, 0.1) is 27.8 Å². The first kappa shape index (κ1) is 22.6. The molecule has 2 aromatic rings. The van der Waals surface area contributed by atoms with Gasteiger partial charge in [0.15, 0.2) is 5.75 Å². The topological polar surface area (TPSA) is 150 Å². The van der Waals surface area contributed by atoms with Gasteiger partial charge in [-0.3, -0.25) is 4.79 Å². The van der Waals surface area contributed by atoms with E-state index in [2.05, 4.69) is 4.72 Å². The van der Waals surface area contributed by atoms with Crippen molar-refractivity contribution in [3.8, 4) is 5.75 Å². The van der Waals surface area contributed by atoms with Gasteiger partial charge in [0.25, 0.3) is 15.9 Å². The van der Waals surface area contributed by atoms with E-state index in [1.54, 1.807) is 28.9 Å². The number of phenolic OH excluding ortho intramolecular Hbond substituents is 1. The third-order valence-corrected chi connectivity index (χ3v) is 8.54. The number of hydrogen-bond donors (Lipinski definition) is 3. The summed E-state index contributed by atoms with van der Waals surface area (Å²) in [5.41, 5.74) is 6.68. The molecule has 13 heteroatoms. The maximum Gasteiger partial charge on any atom is 0.268 e. The van der Waals surface area contributed by atoms with Crippen molar-refractivity contribution in [2.45, 2.75) is 17.7 Å². The number of carbonyl (C=O) groups excluding carboxylic acids is 1. The molecule has 162 valence electrons. The van der Waals surface area contributed by atoms with Gasteiger partial charge >= 0.3 is 0 Å². The van der Waals surface area contributed by atoms with Crippen LogP contribution in [0.5, 0.6) is 5.75 Å². The number of carbonyl (C=O) groups is 1. The van der Waals surface area contributed by atoms with Crippen LogP contribution in [-0.2, 0) is 31.3 Å². The maximum absolute atomic E-state index is 12.2. The van der Waals surface area contributed by atoms with Crippen LogP contribution in [0.1, 0.15) is 12.0 Å². The molecule has 0 atom stereocenters. The van der Waals surface area contributed by atoms with E-state index in [1.165, 1.54) is 36.4 Å². The number of halogens is 1. The minimum Gasteiger partial charge on any atom is -0.506 e. The number of nitrogen functional groups attached to an aromatic ring is 1. The van der Waals surface area contributed by atoms with Crippen LogP contribution in [0.3, 0.4) is 0 Å². The van der Waals surface area contributed by atoms with Crippen LogP contribution in [0, 0.1) is 0 Å². The van der Waals surface area contributed by atoms with Crippen LogP contribution in [0.2, 0.25) is 0 Å². The first-order valence-corrected chi connectivity index (χ1v) is 12.8. The molecule has 0 aliphatic carbocycles. The first-order chi connectivity index (χ1) is 14.0. The van der Waals surface area contributed by atoms with Crippen LogP contribution in [-0.4, -0.2) is 43.4 Å². The van der Waals surface area contributed by atoms with Crippen molar-refractivity contribution in [2.24, 2.45) is 0 Å². The molecule has 4 N–H and O–H groups in total. The normalized spacial score (nSPS) is 16.2. The van der Waals surface area contributed by atoms with Crippen molar-refractivity contribution < 1.29 is 26.7 Å². The van der Waals surface area contributed by atoms with E-state index in [4.69, 9.17) is 5.73 Å². The molecule has 0 radical (unpaired) electrons. The molecule has 0 aromatic heterocycles. The Morgan fingerprint density at radius 3 is 2.40 bits per heavy atom. The van der Waals surface area contributed by atoms with E-state index in [1.807, 2.05) is 0 Å². The van der Waals surface area contributed by atoms with Crippen molar-refractivity contribution in [1.29, 1.82) is 0 Å². The highest BCUT2D eigenvalue weighted by Crippen LogP contribution is 2.36. The van der Waals surface area contributed by atoms with Crippen molar-refractivity contribution in [2.75, 3.05) is 22.4 Å². The molecular formula is C17H19IN4O6S2. The lowest BCUT2D eigenvalue weighted by molar-refractivity contribution is -0.121. The zero-order valence-electron chi connectivity index (χ0n) is 15.5. The Hall–Kier alpha value is -2.10. The monoisotopic (exact) mass is 566 g/mol. The van der Waals surface area contributed by atoms with Gasteiger partial charge in [-0.15, -0.1) is 0 Å². The smallest absolute Gasteiger partial charge is 0.268 e. The number of benzene rings is 2. The van der Waals surface area contributed by atoms with E-state index < -0.39 is 31.7 Å². The van der Waals surface area contributed by atoms with Gasteiger partial charge in [-0.05, 0) is 54.8 Å². The van der Waals surface area contributed by atoms with Crippen molar-refractivity contribution in [1.82, 2.24) is 7.94 Å². The molecule has 0 unspecified atom stereocenters. The standard InChI is InChI=1S/C17H19IN4O6S2/c18-21-17(24)11-29(25,26)22(21)15-8-3-12(10-16(15)23)2-1-9-20-30(27,28)14-6-4-13(19)5-7-14/h3-8,10,20,23H,1-2,9,11,19H2. The molecule has 1 saturated heterocycles. The van der Waals surface area contributed by atoms with Gasteiger partial charge in [0.2, 0.25) is 10.0 Å². The quantitative estimate of drug-likeness (QED) is 0.197. The van der Waals surface area contributed by atoms with E-state index in [-0.39, 0.29) is 22.9 Å². The number of hydrazine groups is 1. The van der Waals surface area contributed by atoms with Crippen LogP contribution >= 0.6 is 22.9 Å². The predicted octanol–water partition coefficient (Wildman–Crippen LogP) is 1.13. The van der Waals surface area contributed by atoms with Crippen LogP contribution < -0.4 is 14.9 Å². The number of aromatic hydroxyl groups is 1. The third kappa shape index (κ3) is 4.79. The number of hydrogen-bond acceptors (Lipinski definition) is 7. The first-order valence-electron chi connectivity index (χ1n) is 8.70. The summed E-state index contributed by atoms with van der Waals surface area (Å²) in [5.74, 6) is -1.56. The Balaban J connectivity index is 1.62. The van der Waals surface area contributed by atoms with Gasteiger partial charge < -0.3 is 10.8 Å². The molecular weight excluding hydrogens is 547 g/mol. The molecule has 0 bridgehead atoms. The molecule has 1 aliphatic heterocycles. The highest BCUT2D eigenvalue weighted by atomic mass is 127. The molecule has 1 aliphatic rings. The van der Waals surface area contributed by atoms with Gasteiger partial charge in [0, 0.05) is 12.2 Å². The number of rotatable bonds is 7. The number of amides is 1. The molecule has 1 fully saturated rings. The average Bonchev–Trinajstić information content (AvgIpc) is 2.87. The summed E-state index contributed by atoms with van der Waals surface area (Å²) in [6.07, 6.45) is 0.892. The van der Waals surface area contributed by atoms with Gasteiger partial charge in [-0.25, -0.2) is 21.6 Å². The Kier molecular flexibility index (Phi) is 6.45. The maximum atomic E-state index is 12.2. The number of nitrogens with one attached hydrogen (secondary N) is 1. The number of phenols is 1. The lowest BCUT2D eigenvalue weighted by atomic mass is 10.1. The summed E-state index contributed by atoms with van der Waals surface area (Å²) in [6.45, 7) is 0.172. The number of nitrogens with zero attached hydrogens (tertiary/aromatic N) is 2. The summed E-state index contributed by atoms with van der Waals surface area (Å²) in [4.78, 5) is 11.8. The lowest BCUT2D eigenvalue weighted by Gasteiger charge is -2.23. The molecule has 0 saturated carbocycles. The third-order valence-electron chi connectivity index (χ3n) is 4.31. The second-order valence-corrected chi connectivity index (χ2v) is 11.0. The van der Waals surface area contributed by atoms with E-state index >= 15 is 0 Å². The summed E-state index contributed by atoms with van der Waals surface area (Å²) < 4.78 is 52.9. The molecule has 2 aromatic carbocycles. The second kappa shape index (κ2) is 8.56. The molecule has 3 rings (SSSR count). The molecule has 1 heterocycles. The number of aryl methyl sites for hydroxylation is 1. The Morgan fingerprint density at radius 1 is 1.17 bits per heavy atom. The fraction of sp³-hybridized carbons (Fsp3) is 0.235. The molecule has 0 spiro atoms. The van der Waals surface area contributed by atoms with Gasteiger partial charge in [-0.1, -0.05) is 6.07 Å². The van der Waals surface area contributed by atoms with Crippen molar-refractivity contribution in [3.63, 3.8) is 0 Å². The number of sulfonamides is 2. The fourth-order valence-corrected chi connectivity index (χ4v) is 6.68. The summed E-state index contributed by atoms with van der Waals surface area (Å²) >= 11 is 1.56. The zero-order chi connectivity index (χ0) is 22.1. The van der Waals surface area contributed by atoms with E-state index in [0.717, 1.165) is 7.64 Å². The van der Waals surface area contributed by atoms with Gasteiger partial charge in [-0.2, -0.15) is 7.64 Å². The van der Waals surface area contributed by atoms with Crippen molar-refractivity contribution in [3.05, 3.63) is 48.0 Å². The second-order valence-electron chi connectivity index (χ2n) is 6.55. The van der Waals surface area contributed by atoms with E-state index in [9.17, 15) is 26.7 Å². The minimum atomic E-state index is -3.88.